The largest absolute Gasteiger partial charge is 0.348 e. The Morgan fingerprint density at radius 2 is 1.64 bits per heavy atom. The molecule has 0 spiro atoms. The quantitative estimate of drug-likeness (QED) is 0.658. The van der Waals surface area contributed by atoms with Crippen molar-refractivity contribution in [3.8, 4) is 0 Å². The molecule has 0 aliphatic rings. The second-order valence-electron chi connectivity index (χ2n) is 5.80. The summed E-state index contributed by atoms with van der Waals surface area (Å²) in [7, 11) is 0. The number of halogens is 3. The predicted molar refractivity (Wildman–Crippen MR) is 96.1 cm³/mol. The number of hydrogen-bond donors (Lipinski definition) is 2. The molecule has 2 aromatic carbocycles. The van der Waals surface area contributed by atoms with Crippen LogP contribution in [0.1, 0.15) is 26.3 Å². The van der Waals surface area contributed by atoms with Crippen LogP contribution in [0, 0.1) is 17.5 Å². The van der Waals surface area contributed by atoms with Gasteiger partial charge in [-0.1, -0.05) is 12.1 Å². The maximum atomic E-state index is 13.7. The summed E-state index contributed by atoms with van der Waals surface area (Å²) in [6.45, 7) is 0.250. The number of nitrogens with one attached hydrogen (secondary N) is 2. The number of aromatic nitrogens is 1. The van der Waals surface area contributed by atoms with Crippen LogP contribution in [0.25, 0.3) is 0 Å². The molecule has 28 heavy (non-hydrogen) atoms. The zero-order chi connectivity index (χ0) is 20.1. The first kappa shape index (κ1) is 19.1. The first-order valence-electron chi connectivity index (χ1n) is 8.17. The van der Waals surface area contributed by atoms with Gasteiger partial charge in [0.1, 0.15) is 0 Å². The molecule has 2 N–H and O–H groups in total. The van der Waals surface area contributed by atoms with Crippen LogP contribution in [0.3, 0.4) is 0 Å². The highest BCUT2D eigenvalue weighted by Gasteiger charge is 2.18. The lowest BCUT2D eigenvalue weighted by Crippen LogP contribution is -2.22. The van der Waals surface area contributed by atoms with Gasteiger partial charge < -0.3 is 10.6 Å². The third-order valence-corrected chi connectivity index (χ3v) is 3.87. The summed E-state index contributed by atoms with van der Waals surface area (Å²) in [4.78, 5) is 27.9. The van der Waals surface area contributed by atoms with Crippen molar-refractivity contribution in [2.75, 3.05) is 5.32 Å². The fourth-order valence-electron chi connectivity index (χ4n) is 2.39. The lowest BCUT2D eigenvalue weighted by Gasteiger charge is -2.09. The molecule has 5 nitrogen and oxygen atoms in total. The zero-order valence-electron chi connectivity index (χ0n) is 14.4. The van der Waals surface area contributed by atoms with Crippen LogP contribution in [-0.4, -0.2) is 16.8 Å². The van der Waals surface area contributed by atoms with E-state index in [1.165, 1.54) is 6.20 Å². The van der Waals surface area contributed by atoms with Gasteiger partial charge in [0.15, 0.2) is 17.5 Å². The molecule has 0 saturated heterocycles. The topological polar surface area (TPSA) is 71.1 Å². The van der Waals surface area contributed by atoms with Crippen LogP contribution < -0.4 is 10.6 Å². The van der Waals surface area contributed by atoms with E-state index in [0.29, 0.717) is 17.3 Å². The first-order valence-corrected chi connectivity index (χ1v) is 8.17. The van der Waals surface area contributed by atoms with Crippen molar-refractivity contribution < 1.29 is 22.8 Å². The Morgan fingerprint density at radius 3 is 2.32 bits per heavy atom. The summed E-state index contributed by atoms with van der Waals surface area (Å²) in [6, 6.07) is 11.2. The predicted octanol–water partition coefficient (Wildman–Crippen LogP) is 3.68. The Kier molecular flexibility index (Phi) is 5.69. The summed E-state index contributed by atoms with van der Waals surface area (Å²) >= 11 is 0. The molecule has 0 fully saturated rings. The number of anilines is 1. The summed E-state index contributed by atoms with van der Waals surface area (Å²) in [5.41, 5.74) is 0.914. The van der Waals surface area contributed by atoms with E-state index in [0.717, 1.165) is 11.6 Å². The van der Waals surface area contributed by atoms with E-state index in [1.54, 1.807) is 42.6 Å². The van der Waals surface area contributed by atoms with E-state index in [4.69, 9.17) is 0 Å². The molecule has 142 valence electrons. The fourth-order valence-corrected chi connectivity index (χ4v) is 2.39. The number of benzene rings is 2. The molecule has 1 aromatic heterocycles. The van der Waals surface area contributed by atoms with Gasteiger partial charge in [-0.15, -0.1) is 0 Å². The second kappa shape index (κ2) is 8.34. The molecule has 0 atom stereocenters. The van der Waals surface area contributed by atoms with Gasteiger partial charge in [0.05, 0.1) is 11.1 Å². The second-order valence-corrected chi connectivity index (χ2v) is 5.80. The van der Waals surface area contributed by atoms with Crippen LogP contribution in [-0.2, 0) is 6.54 Å². The third-order valence-electron chi connectivity index (χ3n) is 3.87. The van der Waals surface area contributed by atoms with Crippen molar-refractivity contribution in [3.63, 3.8) is 0 Å². The first-order chi connectivity index (χ1) is 13.5. The summed E-state index contributed by atoms with van der Waals surface area (Å²) in [6.07, 6.45) is 3.02. The SMILES string of the molecule is O=C(NCc1ccc(NC(=O)c2ccc(F)c(F)c2F)cc1)c1cccnc1. The Balaban J connectivity index is 1.61. The minimum Gasteiger partial charge on any atom is -0.348 e. The summed E-state index contributed by atoms with van der Waals surface area (Å²) in [5.74, 6) is -5.81. The van der Waals surface area contributed by atoms with Crippen LogP contribution in [0.2, 0.25) is 0 Å². The lowest BCUT2D eigenvalue weighted by atomic mass is 10.1. The summed E-state index contributed by atoms with van der Waals surface area (Å²) in [5, 5.41) is 5.13. The standard InChI is InChI=1S/C20H14F3N3O2/c21-16-8-7-15(17(22)18(16)23)20(28)26-14-5-3-12(4-6-14)10-25-19(27)13-2-1-9-24-11-13/h1-9,11H,10H2,(H,25,27)(H,26,28). The Morgan fingerprint density at radius 1 is 0.893 bits per heavy atom. The molecule has 0 aliphatic carbocycles. The maximum Gasteiger partial charge on any atom is 0.258 e. The van der Waals surface area contributed by atoms with E-state index in [9.17, 15) is 22.8 Å². The van der Waals surface area contributed by atoms with Crippen LogP contribution >= 0.6 is 0 Å². The van der Waals surface area contributed by atoms with Crippen molar-refractivity contribution in [1.29, 1.82) is 0 Å². The number of hydrogen-bond acceptors (Lipinski definition) is 3. The normalized spacial score (nSPS) is 10.4. The third kappa shape index (κ3) is 4.35. The number of rotatable bonds is 5. The van der Waals surface area contributed by atoms with Crippen molar-refractivity contribution in [1.82, 2.24) is 10.3 Å². The smallest absolute Gasteiger partial charge is 0.258 e. The van der Waals surface area contributed by atoms with E-state index >= 15 is 0 Å². The fraction of sp³-hybridized carbons (Fsp3) is 0.0500. The van der Waals surface area contributed by atoms with Crippen molar-refractivity contribution in [3.05, 3.63) is 95.1 Å². The number of carbonyl (C=O) groups excluding carboxylic acids is 2. The van der Waals surface area contributed by atoms with Gasteiger partial charge in [-0.3, -0.25) is 14.6 Å². The van der Waals surface area contributed by atoms with E-state index in [2.05, 4.69) is 15.6 Å². The maximum absolute atomic E-state index is 13.7. The minimum absolute atomic E-state index is 0.250. The number of amides is 2. The van der Waals surface area contributed by atoms with Gasteiger partial charge >= 0.3 is 0 Å². The number of pyridine rings is 1. The molecule has 0 aliphatic heterocycles. The van der Waals surface area contributed by atoms with Crippen LogP contribution in [0.15, 0.2) is 60.9 Å². The summed E-state index contributed by atoms with van der Waals surface area (Å²) < 4.78 is 39.9. The molecule has 2 amide bonds. The Bertz CT molecular complexity index is 1010. The van der Waals surface area contributed by atoms with Gasteiger partial charge in [0.25, 0.3) is 11.8 Å². The highest BCUT2D eigenvalue weighted by molar-refractivity contribution is 6.04. The van der Waals surface area contributed by atoms with Crippen molar-refractivity contribution >= 4 is 17.5 Å². The Hall–Kier alpha value is -3.68. The van der Waals surface area contributed by atoms with E-state index in [1.807, 2.05) is 0 Å². The molecule has 8 heteroatoms. The highest BCUT2D eigenvalue weighted by atomic mass is 19.2. The average Bonchev–Trinajstić information content (AvgIpc) is 2.72. The number of nitrogens with zero attached hydrogens (tertiary/aromatic N) is 1. The molecular weight excluding hydrogens is 371 g/mol. The Labute approximate surface area is 158 Å². The van der Waals surface area contributed by atoms with Crippen molar-refractivity contribution in [2.24, 2.45) is 0 Å². The number of carbonyl (C=O) groups is 2. The monoisotopic (exact) mass is 385 g/mol. The molecule has 3 aromatic rings. The highest BCUT2D eigenvalue weighted by Crippen LogP contribution is 2.17. The van der Waals surface area contributed by atoms with Gasteiger partial charge in [-0.25, -0.2) is 13.2 Å². The molecule has 0 radical (unpaired) electrons. The van der Waals surface area contributed by atoms with Crippen LogP contribution in [0.4, 0.5) is 18.9 Å². The van der Waals surface area contributed by atoms with Gasteiger partial charge in [0.2, 0.25) is 0 Å². The molecule has 3 rings (SSSR count). The van der Waals surface area contributed by atoms with Gasteiger partial charge in [-0.05, 0) is 42.0 Å². The lowest BCUT2D eigenvalue weighted by molar-refractivity contribution is 0.0949. The van der Waals surface area contributed by atoms with E-state index in [-0.39, 0.29) is 12.5 Å². The molecule has 0 saturated carbocycles. The van der Waals surface area contributed by atoms with Crippen LogP contribution in [0.5, 0.6) is 0 Å². The molecular formula is C20H14F3N3O2. The zero-order valence-corrected chi connectivity index (χ0v) is 14.4. The molecule has 0 unspecified atom stereocenters. The molecule has 0 bridgehead atoms. The van der Waals surface area contributed by atoms with Gasteiger partial charge in [0, 0.05) is 24.6 Å². The van der Waals surface area contributed by atoms with Crippen molar-refractivity contribution in [2.45, 2.75) is 6.54 Å². The average molecular weight is 385 g/mol. The van der Waals surface area contributed by atoms with Gasteiger partial charge in [-0.2, -0.15) is 0 Å². The molecule has 1 heterocycles. The van der Waals surface area contributed by atoms with E-state index < -0.39 is 28.9 Å². The minimum atomic E-state index is -1.70.